The van der Waals surface area contributed by atoms with E-state index in [0.717, 1.165) is 18.6 Å². The van der Waals surface area contributed by atoms with Crippen molar-refractivity contribution >= 4 is 11.8 Å². The van der Waals surface area contributed by atoms with Gasteiger partial charge in [0.05, 0.1) is 30.5 Å². The third-order valence-electron chi connectivity index (χ3n) is 7.43. The molecule has 1 N–H and O–H groups in total. The van der Waals surface area contributed by atoms with Crippen LogP contribution in [0.15, 0.2) is 16.7 Å². The second kappa shape index (κ2) is 5.44. The molecule has 6 atom stereocenters. The Morgan fingerprint density at radius 2 is 2.12 bits per heavy atom. The highest BCUT2D eigenvalue weighted by atomic mass is 16.5. The van der Waals surface area contributed by atoms with Gasteiger partial charge in [0.1, 0.15) is 5.76 Å². The molecule has 3 aliphatic rings. The van der Waals surface area contributed by atoms with Gasteiger partial charge in [0.15, 0.2) is 5.78 Å². The van der Waals surface area contributed by atoms with Gasteiger partial charge in [-0.05, 0) is 43.6 Å². The molecule has 5 heteroatoms. The fourth-order valence-electron chi connectivity index (χ4n) is 6.42. The largest absolute Gasteiger partial charge is 0.469 e. The molecule has 0 unspecified atom stereocenters. The number of aliphatic hydroxyl groups is 1. The summed E-state index contributed by atoms with van der Waals surface area (Å²) in [6.45, 7) is 4.08. The maximum atomic E-state index is 13.0. The second-order valence-corrected chi connectivity index (χ2v) is 8.59. The second-order valence-electron chi connectivity index (χ2n) is 8.59. The van der Waals surface area contributed by atoms with Crippen LogP contribution < -0.4 is 0 Å². The van der Waals surface area contributed by atoms with E-state index in [0.29, 0.717) is 24.8 Å². The zero-order valence-corrected chi connectivity index (χ0v) is 15.1. The highest BCUT2D eigenvalue weighted by molar-refractivity contribution is 6.00. The van der Waals surface area contributed by atoms with Crippen LogP contribution in [0.25, 0.3) is 0 Å². The number of ketones is 1. The zero-order chi connectivity index (χ0) is 18.0. The van der Waals surface area contributed by atoms with Crippen molar-refractivity contribution < 1.29 is 23.8 Å². The highest BCUT2D eigenvalue weighted by Gasteiger charge is 2.64. The molecule has 2 saturated carbocycles. The predicted molar refractivity (Wildman–Crippen MR) is 89.9 cm³/mol. The summed E-state index contributed by atoms with van der Waals surface area (Å²) >= 11 is 0. The van der Waals surface area contributed by atoms with Crippen LogP contribution in [0.5, 0.6) is 0 Å². The van der Waals surface area contributed by atoms with Gasteiger partial charge in [-0.25, -0.2) is 0 Å². The lowest BCUT2D eigenvalue weighted by atomic mass is 9.43. The first-order chi connectivity index (χ1) is 11.8. The summed E-state index contributed by atoms with van der Waals surface area (Å²) < 4.78 is 10.7. The van der Waals surface area contributed by atoms with Crippen molar-refractivity contribution in [3.63, 3.8) is 0 Å². The van der Waals surface area contributed by atoms with E-state index in [-0.39, 0.29) is 34.9 Å². The number of furan rings is 1. The third kappa shape index (κ3) is 2.11. The van der Waals surface area contributed by atoms with E-state index in [9.17, 15) is 14.7 Å². The van der Waals surface area contributed by atoms with E-state index in [1.165, 1.54) is 7.11 Å². The van der Waals surface area contributed by atoms with Gasteiger partial charge in [-0.3, -0.25) is 9.59 Å². The molecule has 0 saturated heterocycles. The minimum atomic E-state index is -0.710. The Hall–Kier alpha value is -1.62. The van der Waals surface area contributed by atoms with E-state index in [4.69, 9.17) is 9.15 Å². The number of hydrogen-bond acceptors (Lipinski definition) is 5. The van der Waals surface area contributed by atoms with Crippen LogP contribution >= 0.6 is 0 Å². The Labute approximate surface area is 147 Å². The quantitative estimate of drug-likeness (QED) is 0.791. The molecule has 3 aliphatic carbocycles. The van der Waals surface area contributed by atoms with Gasteiger partial charge in [-0.1, -0.05) is 13.3 Å². The van der Waals surface area contributed by atoms with Gasteiger partial charge in [0.25, 0.3) is 0 Å². The van der Waals surface area contributed by atoms with E-state index < -0.39 is 11.5 Å². The monoisotopic (exact) mass is 346 g/mol. The van der Waals surface area contributed by atoms with Crippen LogP contribution in [0.4, 0.5) is 0 Å². The van der Waals surface area contributed by atoms with Gasteiger partial charge >= 0.3 is 5.97 Å². The summed E-state index contributed by atoms with van der Waals surface area (Å²) in [5.41, 5.74) is -0.329. The summed E-state index contributed by atoms with van der Waals surface area (Å²) in [4.78, 5) is 25.6. The van der Waals surface area contributed by atoms with Gasteiger partial charge in [-0.2, -0.15) is 0 Å². The van der Waals surface area contributed by atoms with Crippen molar-refractivity contribution in [1.82, 2.24) is 0 Å². The Balaban J connectivity index is 1.80. The van der Waals surface area contributed by atoms with Gasteiger partial charge < -0.3 is 14.3 Å². The molecular formula is C20H26O5. The summed E-state index contributed by atoms with van der Waals surface area (Å²) in [7, 11) is 1.41. The van der Waals surface area contributed by atoms with Gasteiger partial charge in [-0.15, -0.1) is 0 Å². The number of Topliss-reactive ketones (excluding diaryl/α,β-unsaturated/α-hetero) is 1. The van der Waals surface area contributed by atoms with Crippen LogP contribution in [0.3, 0.4) is 0 Å². The molecule has 1 heterocycles. The van der Waals surface area contributed by atoms with Crippen molar-refractivity contribution in [2.75, 3.05) is 7.11 Å². The van der Waals surface area contributed by atoms with Crippen molar-refractivity contribution in [2.45, 2.75) is 52.1 Å². The summed E-state index contributed by atoms with van der Waals surface area (Å²) in [6, 6.07) is 1.74. The molecule has 0 radical (unpaired) electrons. The number of rotatable bonds is 1. The lowest BCUT2D eigenvalue weighted by Gasteiger charge is -2.60. The number of carbonyl (C=O) groups excluding carboxylic acids is 2. The van der Waals surface area contributed by atoms with Crippen LogP contribution in [-0.4, -0.2) is 30.1 Å². The average molecular weight is 346 g/mol. The van der Waals surface area contributed by atoms with Crippen LogP contribution in [0.2, 0.25) is 0 Å². The third-order valence-corrected chi connectivity index (χ3v) is 7.43. The smallest absolute Gasteiger partial charge is 0.311 e. The summed E-state index contributed by atoms with van der Waals surface area (Å²) in [5, 5.41) is 11.0. The number of methoxy groups -OCH3 is 1. The number of ether oxygens (including phenoxy) is 1. The molecular weight excluding hydrogens is 320 g/mol. The first kappa shape index (κ1) is 16.8. The van der Waals surface area contributed by atoms with Crippen LogP contribution in [0.1, 0.15) is 55.6 Å². The Kier molecular flexibility index (Phi) is 3.66. The maximum Gasteiger partial charge on any atom is 0.311 e. The first-order valence-corrected chi connectivity index (χ1v) is 9.20. The molecule has 0 aromatic carbocycles. The topological polar surface area (TPSA) is 76.7 Å². The molecule has 1 aromatic heterocycles. The van der Waals surface area contributed by atoms with Gasteiger partial charge in [0, 0.05) is 18.3 Å². The fourth-order valence-corrected chi connectivity index (χ4v) is 6.42. The first-order valence-electron chi connectivity index (χ1n) is 9.20. The molecule has 1 aromatic rings. The summed E-state index contributed by atoms with van der Waals surface area (Å²) in [6.07, 6.45) is 4.55. The normalized spacial score (nSPS) is 43.0. The van der Waals surface area contributed by atoms with Crippen LogP contribution in [0, 0.1) is 28.6 Å². The lowest BCUT2D eigenvalue weighted by Crippen LogP contribution is -2.62. The molecule has 25 heavy (non-hydrogen) atoms. The molecule has 0 bridgehead atoms. The molecule has 5 nitrogen and oxygen atoms in total. The van der Waals surface area contributed by atoms with Gasteiger partial charge in [0.2, 0.25) is 0 Å². The minimum absolute atomic E-state index is 0.0871. The SMILES string of the molecule is COC(=O)[C@]1(C)CCC[C@@]2(C)[C@H]1[C@H](O)C[C@H]1C(=O)c3ccoc3C[C@@H]12. The number of aliphatic hydroxyl groups excluding tert-OH is 1. The minimum Gasteiger partial charge on any atom is -0.469 e. The zero-order valence-electron chi connectivity index (χ0n) is 15.1. The number of carbonyl (C=O) groups is 2. The molecule has 4 rings (SSSR count). The predicted octanol–water partition coefficient (Wildman–Crippen LogP) is 3.00. The van der Waals surface area contributed by atoms with E-state index in [1.54, 1.807) is 12.3 Å². The van der Waals surface area contributed by atoms with Crippen molar-refractivity contribution in [3.8, 4) is 0 Å². The van der Waals surface area contributed by atoms with E-state index in [2.05, 4.69) is 6.92 Å². The Morgan fingerprint density at radius 1 is 1.36 bits per heavy atom. The Morgan fingerprint density at radius 3 is 2.84 bits per heavy atom. The fraction of sp³-hybridized carbons (Fsp3) is 0.700. The van der Waals surface area contributed by atoms with E-state index in [1.807, 2.05) is 6.92 Å². The molecule has 0 spiro atoms. The molecule has 0 aliphatic heterocycles. The Bertz CT molecular complexity index is 721. The molecule has 2 fully saturated rings. The van der Waals surface area contributed by atoms with E-state index >= 15 is 0 Å². The maximum absolute atomic E-state index is 13.0. The van der Waals surface area contributed by atoms with Crippen molar-refractivity contribution in [2.24, 2.45) is 28.6 Å². The molecule has 136 valence electrons. The number of fused-ring (bicyclic) bond motifs is 4. The summed E-state index contributed by atoms with van der Waals surface area (Å²) in [5.74, 6) is 0.295. The lowest BCUT2D eigenvalue weighted by molar-refractivity contribution is -0.190. The molecule has 0 amide bonds. The standard InChI is InChI=1S/C20H26O5/c1-19-6-4-7-20(2,18(23)24-3)17(19)14(21)9-12-13(19)10-15-11(16(12)22)5-8-25-15/h5,8,12-14,17,21H,4,6-7,9-10H2,1-3H3/t12-,13+,14-,17-,19-,20-/m1/s1. The van der Waals surface area contributed by atoms with Crippen molar-refractivity contribution in [3.05, 3.63) is 23.7 Å². The van der Waals surface area contributed by atoms with Crippen molar-refractivity contribution in [1.29, 1.82) is 0 Å². The average Bonchev–Trinajstić information content (AvgIpc) is 3.04. The number of hydrogen-bond donors (Lipinski definition) is 1. The number of esters is 1. The highest BCUT2D eigenvalue weighted by Crippen LogP contribution is 2.63. The van der Waals surface area contributed by atoms with Crippen LogP contribution in [-0.2, 0) is 16.0 Å².